The van der Waals surface area contributed by atoms with Gasteiger partial charge >= 0.3 is 0 Å². The van der Waals surface area contributed by atoms with Gasteiger partial charge in [-0.05, 0) is 85.5 Å². The van der Waals surface area contributed by atoms with Gasteiger partial charge in [0.1, 0.15) is 5.75 Å². The average Bonchev–Trinajstić information content (AvgIpc) is 3.64. The van der Waals surface area contributed by atoms with Gasteiger partial charge in [0, 0.05) is 12.1 Å². The first-order chi connectivity index (χ1) is 15.8. The van der Waals surface area contributed by atoms with E-state index in [1.54, 1.807) is 7.11 Å². The molecule has 2 N–H and O–H groups in total. The van der Waals surface area contributed by atoms with E-state index in [0.717, 1.165) is 12.2 Å². The van der Waals surface area contributed by atoms with Crippen molar-refractivity contribution in [2.24, 2.45) is 5.92 Å². The molecule has 2 unspecified atom stereocenters. The molecule has 1 saturated carbocycles. The van der Waals surface area contributed by atoms with E-state index in [-0.39, 0.29) is 11.6 Å². The number of nitrogens with one attached hydrogen (secondary N) is 1. The molecule has 1 aliphatic carbocycles. The van der Waals surface area contributed by atoms with Crippen LogP contribution < -0.4 is 10.1 Å². The molecule has 176 valence electrons. The zero-order chi connectivity index (χ0) is 23.4. The summed E-state index contributed by atoms with van der Waals surface area (Å²) >= 11 is 0. The highest BCUT2D eigenvalue weighted by atomic mass is 16.5. The third kappa shape index (κ3) is 6.35. The largest absolute Gasteiger partial charge is 0.497 e. The van der Waals surface area contributed by atoms with Crippen LogP contribution >= 0.6 is 0 Å². The van der Waals surface area contributed by atoms with Gasteiger partial charge in [0.15, 0.2) is 0 Å². The molecule has 1 fully saturated rings. The molecule has 0 aliphatic heterocycles. The minimum absolute atomic E-state index is 0.0880. The van der Waals surface area contributed by atoms with Crippen LogP contribution in [0.2, 0.25) is 0 Å². The summed E-state index contributed by atoms with van der Waals surface area (Å²) in [7, 11) is 1.69. The van der Waals surface area contributed by atoms with Crippen molar-refractivity contribution in [2.45, 2.75) is 57.8 Å². The van der Waals surface area contributed by atoms with Crippen LogP contribution in [-0.2, 0) is 11.2 Å². The topological polar surface area (TPSA) is 50.7 Å². The summed E-state index contributed by atoms with van der Waals surface area (Å²) in [6.07, 6.45) is 2.83. The molecule has 1 aliphatic rings. The van der Waals surface area contributed by atoms with Gasteiger partial charge in [-0.2, -0.15) is 0 Å². The molecule has 0 spiro atoms. The molecule has 4 rings (SSSR count). The lowest BCUT2D eigenvalue weighted by molar-refractivity contribution is -0.0213. The Kier molecular flexibility index (Phi) is 7.38. The lowest BCUT2D eigenvalue weighted by atomic mass is 9.93. The summed E-state index contributed by atoms with van der Waals surface area (Å²) in [4.78, 5) is 0. The van der Waals surface area contributed by atoms with Crippen LogP contribution in [0, 0.1) is 12.8 Å². The first-order valence-corrected chi connectivity index (χ1v) is 12.0. The highest BCUT2D eigenvalue weighted by Crippen LogP contribution is 2.44. The van der Waals surface area contributed by atoms with Crippen LogP contribution in [0.5, 0.6) is 5.75 Å². The molecule has 0 aromatic heterocycles. The molecule has 0 saturated heterocycles. The van der Waals surface area contributed by atoms with E-state index in [2.05, 4.69) is 80.7 Å². The summed E-state index contributed by atoms with van der Waals surface area (Å²) in [6.45, 7) is 7.34. The molecule has 4 heteroatoms. The normalized spacial score (nSPS) is 16.0. The Morgan fingerprint density at radius 1 is 1.03 bits per heavy atom. The number of ether oxygens (including phenoxy) is 2. The Morgan fingerprint density at radius 3 is 2.48 bits per heavy atom. The van der Waals surface area contributed by atoms with E-state index in [9.17, 15) is 5.11 Å². The summed E-state index contributed by atoms with van der Waals surface area (Å²) in [5, 5.41) is 16.6. The van der Waals surface area contributed by atoms with Crippen LogP contribution in [0.4, 0.5) is 0 Å². The van der Waals surface area contributed by atoms with E-state index >= 15 is 0 Å². The summed E-state index contributed by atoms with van der Waals surface area (Å²) in [6, 6.07) is 21.2. The minimum Gasteiger partial charge on any atom is -0.497 e. The van der Waals surface area contributed by atoms with Gasteiger partial charge in [0.2, 0.25) is 0 Å². The average molecular weight is 448 g/mol. The molecular formula is C29H37NO3. The number of aliphatic hydroxyl groups excluding tert-OH is 1. The highest BCUT2D eigenvalue weighted by molar-refractivity contribution is 5.84. The second-order valence-electron chi connectivity index (χ2n) is 10.1. The predicted molar refractivity (Wildman–Crippen MR) is 135 cm³/mol. The van der Waals surface area contributed by atoms with Crippen LogP contribution in [0.1, 0.15) is 49.5 Å². The maximum atomic E-state index is 10.6. The zero-order valence-electron chi connectivity index (χ0n) is 20.3. The Labute approximate surface area is 197 Å². The highest BCUT2D eigenvalue weighted by Gasteiger charge is 2.34. The van der Waals surface area contributed by atoms with Crippen LogP contribution in [-0.4, -0.2) is 37.0 Å². The molecule has 0 bridgehead atoms. The van der Waals surface area contributed by atoms with Crippen LogP contribution in [0.3, 0.4) is 0 Å². The fraction of sp³-hybridized carbons (Fsp3) is 0.448. The molecule has 33 heavy (non-hydrogen) atoms. The van der Waals surface area contributed by atoms with Crippen molar-refractivity contribution < 1.29 is 14.6 Å². The predicted octanol–water partition coefficient (Wildman–Crippen LogP) is 5.60. The first kappa shape index (κ1) is 23.7. The van der Waals surface area contributed by atoms with E-state index in [0.29, 0.717) is 19.1 Å². The van der Waals surface area contributed by atoms with Crippen LogP contribution in [0.25, 0.3) is 10.8 Å². The molecule has 0 heterocycles. The summed E-state index contributed by atoms with van der Waals surface area (Å²) in [5.74, 6) is 1.45. The molecular weight excluding hydrogens is 410 g/mol. The lowest BCUT2D eigenvalue weighted by Gasteiger charge is -2.29. The fourth-order valence-corrected chi connectivity index (χ4v) is 4.54. The quantitative estimate of drug-likeness (QED) is 0.402. The van der Waals surface area contributed by atoms with Crippen molar-refractivity contribution in [3.8, 4) is 5.75 Å². The van der Waals surface area contributed by atoms with Gasteiger partial charge in [-0.15, -0.1) is 0 Å². The van der Waals surface area contributed by atoms with Crippen molar-refractivity contribution >= 4 is 10.8 Å². The monoisotopic (exact) mass is 447 g/mol. The molecule has 3 aromatic rings. The number of fused-ring (bicyclic) bond motifs is 1. The lowest BCUT2D eigenvalue weighted by Crippen LogP contribution is -2.46. The zero-order valence-corrected chi connectivity index (χ0v) is 20.3. The van der Waals surface area contributed by atoms with Gasteiger partial charge in [-0.25, -0.2) is 0 Å². The Balaban J connectivity index is 1.30. The molecule has 4 nitrogen and oxygen atoms in total. The Bertz CT molecular complexity index is 1070. The molecule has 3 aromatic carbocycles. The number of β-amino-alcohol motifs (C(OH)–C–C–N with tert-alkyl or cyclic N) is 1. The molecule has 0 radical (unpaired) electrons. The standard InChI is InChI=1S/C29H37NO3/c1-20-7-5-6-8-27(20)28(22-11-12-22)33-19-25(31)18-30-29(2,3)17-21-9-10-24-16-26(32-4)14-13-23(24)15-21/h5-10,13-16,22,25,28,30-31H,11-12,17-19H2,1-4H3. The van der Waals surface area contributed by atoms with E-state index in [1.807, 2.05) is 6.07 Å². The first-order valence-electron chi connectivity index (χ1n) is 12.0. The maximum absolute atomic E-state index is 10.6. The third-order valence-electron chi connectivity index (χ3n) is 6.59. The summed E-state index contributed by atoms with van der Waals surface area (Å²) in [5.41, 5.74) is 3.64. The van der Waals surface area contributed by atoms with Crippen molar-refractivity contribution in [3.63, 3.8) is 0 Å². The SMILES string of the molecule is COc1ccc2cc(CC(C)(C)NCC(O)COC(c3ccccc3C)C3CC3)ccc2c1. The van der Waals surface area contributed by atoms with Gasteiger partial charge < -0.3 is 19.9 Å². The van der Waals surface area contributed by atoms with Crippen molar-refractivity contribution in [3.05, 3.63) is 77.4 Å². The van der Waals surface area contributed by atoms with Gasteiger partial charge in [-0.1, -0.05) is 48.5 Å². The van der Waals surface area contributed by atoms with Crippen molar-refractivity contribution in [2.75, 3.05) is 20.3 Å². The van der Waals surface area contributed by atoms with E-state index in [1.165, 1.54) is 40.3 Å². The van der Waals surface area contributed by atoms with Gasteiger partial charge in [0.05, 0.1) is 25.9 Å². The van der Waals surface area contributed by atoms with E-state index < -0.39 is 6.10 Å². The number of aryl methyl sites for hydroxylation is 1. The Hall–Kier alpha value is -2.40. The molecule has 2 atom stereocenters. The Morgan fingerprint density at radius 2 is 1.76 bits per heavy atom. The van der Waals surface area contributed by atoms with E-state index in [4.69, 9.17) is 9.47 Å². The number of hydrogen-bond acceptors (Lipinski definition) is 4. The fourth-order valence-electron chi connectivity index (χ4n) is 4.54. The van der Waals surface area contributed by atoms with Crippen molar-refractivity contribution in [1.82, 2.24) is 5.32 Å². The number of rotatable bonds is 11. The number of aliphatic hydroxyl groups is 1. The summed E-state index contributed by atoms with van der Waals surface area (Å²) < 4.78 is 11.6. The number of hydrogen-bond donors (Lipinski definition) is 2. The second kappa shape index (κ2) is 10.3. The number of benzene rings is 3. The molecule has 0 amide bonds. The van der Waals surface area contributed by atoms with Crippen LogP contribution in [0.15, 0.2) is 60.7 Å². The van der Waals surface area contributed by atoms with Gasteiger partial charge in [-0.3, -0.25) is 0 Å². The number of methoxy groups -OCH3 is 1. The van der Waals surface area contributed by atoms with Crippen molar-refractivity contribution in [1.29, 1.82) is 0 Å². The minimum atomic E-state index is -0.543. The maximum Gasteiger partial charge on any atom is 0.119 e. The third-order valence-corrected chi connectivity index (χ3v) is 6.59. The van der Waals surface area contributed by atoms with Gasteiger partial charge in [0.25, 0.3) is 0 Å². The smallest absolute Gasteiger partial charge is 0.119 e. The second-order valence-corrected chi connectivity index (χ2v) is 10.1.